The van der Waals surface area contributed by atoms with Crippen molar-refractivity contribution in [3.8, 4) is 0 Å². The fourth-order valence-electron chi connectivity index (χ4n) is 0.940. The highest BCUT2D eigenvalue weighted by molar-refractivity contribution is 7.80. The Balaban J connectivity index is 2.77. The molecular weight excluding hydrogens is 134 g/mol. The third-order valence-corrected chi connectivity index (χ3v) is 2.05. The molecule has 50 valence electrons. The summed E-state index contributed by atoms with van der Waals surface area (Å²) >= 11 is 4.90. The average Bonchev–Trinajstić information content (AvgIpc) is 1.98. The van der Waals surface area contributed by atoms with E-state index in [1.165, 1.54) is 0 Å². The fourth-order valence-corrected chi connectivity index (χ4v) is 1.28. The number of carbonyl (C=O) groups is 1. The minimum Gasteiger partial charge on any atom is -0.309 e. The molecule has 1 atom stereocenters. The molecule has 1 heterocycles. The highest BCUT2D eigenvalue weighted by Gasteiger charge is 2.29. The number of thiocarbonyl (C=S) groups is 1. The molecule has 0 aromatic carbocycles. The van der Waals surface area contributed by atoms with Crippen LogP contribution in [0.2, 0.25) is 0 Å². The molecule has 0 N–H and O–H groups in total. The normalized spacial score (nSPS) is 27.8. The minimum absolute atomic E-state index is 0.113. The van der Waals surface area contributed by atoms with E-state index in [-0.39, 0.29) is 11.8 Å². The van der Waals surface area contributed by atoms with Crippen molar-refractivity contribution in [2.24, 2.45) is 5.92 Å². The van der Waals surface area contributed by atoms with Crippen molar-refractivity contribution in [3.05, 3.63) is 0 Å². The Labute approximate surface area is 59.8 Å². The van der Waals surface area contributed by atoms with Gasteiger partial charge in [0.1, 0.15) is 0 Å². The molecule has 2 nitrogen and oxygen atoms in total. The Hall–Kier alpha value is -0.440. The summed E-state index contributed by atoms with van der Waals surface area (Å²) in [7, 11) is 1.73. The van der Waals surface area contributed by atoms with Gasteiger partial charge in [0.2, 0.25) is 5.91 Å². The lowest BCUT2D eigenvalue weighted by molar-refractivity contribution is -0.127. The van der Waals surface area contributed by atoms with Gasteiger partial charge in [-0.3, -0.25) is 4.79 Å². The highest BCUT2D eigenvalue weighted by Crippen LogP contribution is 2.17. The molecular formula is C6H9NOS. The largest absolute Gasteiger partial charge is 0.309 e. The number of carbonyl (C=O) groups excluding carboxylic acids is 1. The standard InChI is InChI=1S/C6H9NOS/c1-4-3-5(9)7(2)6(4)8/h4H,3H2,1-2H3. The summed E-state index contributed by atoms with van der Waals surface area (Å²) in [6.07, 6.45) is 0.755. The van der Waals surface area contributed by atoms with Crippen molar-refractivity contribution < 1.29 is 4.79 Å². The van der Waals surface area contributed by atoms with E-state index in [1.807, 2.05) is 6.92 Å². The smallest absolute Gasteiger partial charge is 0.230 e. The lowest BCUT2D eigenvalue weighted by Crippen LogP contribution is -2.23. The van der Waals surface area contributed by atoms with Gasteiger partial charge < -0.3 is 4.90 Å². The van der Waals surface area contributed by atoms with Gasteiger partial charge in [0.15, 0.2) is 0 Å². The molecule has 1 fully saturated rings. The SMILES string of the molecule is CC1CC(=S)N(C)C1=O. The van der Waals surface area contributed by atoms with Crippen LogP contribution in [0.1, 0.15) is 13.3 Å². The van der Waals surface area contributed by atoms with Crippen molar-refractivity contribution in [3.63, 3.8) is 0 Å². The van der Waals surface area contributed by atoms with Gasteiger partial charge in [-0.25, -0.2) is 0 Å². The summed E-state index contributed by atoms with van der Waals surface area (Å²) < 4.78 is 0. The second-order valence-electron chi connectivity index (χ2n) is 2.40. The number of nitrogens with zero attached hydrogens (tertiary/aromatic N) is 1. The average molecular weight is 143 g/mol. The van der Waals surface area contributed by atoms with Gasteiger partial charge in [-0.1, -0.05) is 19.1 Å². The van der Waals surface area contributed by atoms with E-state index in [0.717, 1.165) is 11.4 Å². The van der Waals surface area contributed by atoms with E-state index in [4.69, 9.17) is 12.2 Å². The van der Waals surface area contributed by atoms with Crippen LogP contribution in [0.15, 0.2) is 0 Å². The maximum atomic E-state index is 11.0. The molecule has 3 heteroatoms. The summed E-state index contributed by atoms with van der Waals surface area (Å²) in [5.41, 5.74) is 0. The van der Waals surface area contributed by atoms with Crippen LogP contribution in [0.25, 0.3) is 0 Å². The van der Waals surface area contributed by atoms with Gasteiger partial charge >= 0.3 is 0 Å². The summed E-state index contributed by atoms with van der Waals surface area (Å²) in [6, 6.07) is 0. The van der Waals surface area contributed by atoms with Gasteiger partial charge in [0.25, 0.3) is 0 Å². The molecule has 9 heavy (non-hydrogen) atoms. The maximum Gasteiger partial charge on any atom is 0.230 e. The lowest BCUT2D eigenvalue weighted by Gasteiger charge is -2.05. The van der Waals surface area contributed by atoms with Crippen LogP contribution >= 0.6 is 12.2 Å². The Morgan fingerprint density at radius 2 is 2.33 bits per heavy atom. The van der Waals surface area contributed by atoms with E-state index in [0.29, 0.717) is 0 Å². The van der Waals surface area contributed by atoms with Crippen molar-refractivity contribution >= 4 is 23.1 Å². The van der Waals surface area contributed by atoms with E-state index < -0.39 is 0 Å². The molecule has 1 amide bonds. The Morgan fingerprint density at radius 3 is 2.44 bits per heavy atom. The van der Waals surface area contributed by atoms with E-state index in [1.54, 1.807) is 11.9 Å². The van der Waals surface area contributed by atoms with Crippen LogP contribution < -0.4 is 0 Å². The number of amides is 1. The van der Waals surface area contributed by atoms with Crippen LogP contribution in [-0.2, 0) is 4.79 Å². The van der Waals surface area contributed by atoms with Crippen LogP contribution in [-0.4, -0.2) is 22.8 Å². The van der Waals surface area contributed by atoms with Crippen LogP contribution in [0.4, 0.5) is 0 Å². The summed E-state index contributed by atoms with van der Waals surface area (Å²) in [5, 5.41) is 0. The lowest BCUT2D eigenvalue weighted by atomic mass is 10.1. The summed E-state index contributed by atoms with van der Waals surface area (Å²) in [6.45, 7) is 1.90. The Bertz CT molecular complexity index is 166. The fraction of sp³-hybridized carbons (Fsp3) is 0.667. The second kappa shape index (κ2) is 2.06. The maximum absolute atomic E-state index is 11.0. The summed E-state index contributed by atoms with van der Waals surface area (Å²) in [4.78, 5) is 13.3. The summed E-state index contributed by atoms with van der Waals surface area (Å²) in [5.74, 6) is 0.266. The third-order valence-electron chi connectivity index (χ3n) is 1.61. The second-order valence-corrected chi connectivity index (χ2v) is 2.87. The number of rotatable bonds is 0. The van der Waals surface area contributed by atoms with Gasteiger partial charge in [0.05, 0.1) is 4.99 Å². The van der Waals surface area contributed by atoms with Crippen molar-refractivity contribution in [1.82, 2.24) is 4.90 Å². The predicted molar refractivity (Wildman–Crippen MR) is 39.1 cm³/mol. The molecule has 1 aliphatic heterocycles. The predicted octanol–water partition coefficient (Wildman–Crippen LogP) is 0.812. The van der Waals surface area contributed by atoms with E-state index in [9.17, 15) is 4.79 Å². The number of likely N-dealkylation sites (tertiary alicyclic amines) is 1. The van der Waals surface area contributed by atoms with Crippen molar-refractivity contribution in [2.45, 2.75) is 13.3 Å². The molecule has 0 saturated carbocycles. The molecule has 1 saturated heterocycles. The van der Waals surface area contributed by atoms with Gasteiger partial charge in [0, 0.05) is 19.4 Å². The topological polar surface area (TPSA) is 20.3 Å². The van der Waals surface area contributed by atoms with Gasteiger partial charge in [-0.05, 0) is 0 Å². The van der Waals surface area contributed by atoms with Crippen LogP contribution in [0, 0.1) is 5.92 Å². The zero-order valence-electron chi connectivity index (χ0n) is 5.55. The quantitative estimate of drug-likeness (QED) is 0.468. The first-order chi connectivity index (χ1) is 4.13. The van der Waals surface area contributed by atoms with Gasteiger partial charge in [-0.2, -0.15) is 0 Å². The number of hydrogen-bond donors (Lipinski definition) is 0. The zero-order valence-corrected chi connectivity index (χ0v) is 6.36. The Kier molecular flexibility index (Phi) is 1.53. The Morgan fingerprint density at radius 1 is 1.78 bits per heavy atom. The molecule has 1 rings (SSSR count). The first kappa shape index (κ1) is 6.68. The monoisotopic (exact) mass is 143 g/mol. The molecule has 1 aliphatic rings. The van der Waals surface area contributed by atoms with Crippen molar-refractivity contribution in [2.75, 3.05) is 7.05 Å². The highest BCUT2D eigenvalue weighted by atomic mass is 32.1. The number of hydrogen-bond acceptors (Lipinski definition) is 2. The molecule has 0 spiro atoms. The van der Waals surface area contributed by atoms with Crippen LogP contribution in [0.3, 0.4) is 0 Å². The first-order valence-corrected chi connectivity index (χ1v) is 3.34. The molecule has 0 aromatic rings. The molecule has 0 bridgehead atoms. The van der Waals surface area contributed by atoms with E-state index >= 15 is 0 Å². The zero-order chi connectivity index (χ0) is 7.02. The van der Waals surface area contributed by atoms with E-state index in [2.05, 4.69) is 0 Å². The molecule has 0 aliphatic carbocycles. The molecule has 1 unspecified atom stereocenters. The van der Waals surface area contributed by atoms with Gasteiger partial charge in [-0.15, -0.1) is 0 Å². The molecule has 0 aromatic heterocycles. The van der Waals surface area contributed by atoms with Crippen molar-refractivity contribution in [1.29, 1.82) is 0 Å². The minimum atomic E-state index is 0.113. The third kappa shape index (κ3) is 0.965. The molecule has 0 radical (unpaired) electrons. The first-order valence-electron chi connectivity index (χ1n) is 2.93. The van der Waals surface area contributed by atoms with Crippen LogP contribution in [0.5, 0.6) is 0 Å².